The molecule has 0 spiro atoms. The highest BCUT2D eigenvalue weighted by molar-refractivity contribution is 6.00. The minimum atomic E-state index is -0.719. The van der Waals surface area contributed by atoms with Crippen LogP contribution in [-0.4, -0.2) is 51.0 Å². The zero-order valence-electron chi connectivity index (χ0n) is 16.7. The lowest BCUT2D eigenvalue weighted by Gasteiger charge is -2.40. The third-order valence-electron chi connectivity index (χ3n) is 5.28. The van der Waals surface area contributed by atoms with E-state index in [0.717, 1.165) is 5.56 Å². The van der Waals surface area contributed by atoms with Crippen LogP contribution in [0.4, 0.5) is 4.79 Å². The Hall–Kier alpha value is -3.10. The second kappa shape index (κ2) is 6.75. The Morgan fingerprint density at radius 1 is 1.17 bits per heavy atom. The van der Waals surface area contributed by atoms with Crippen LogP contribution in [0.5, 0.6) is 0 Å². The Bertz CT molecular complexity index is 1050. The van der Waals surface area contributed by atoms with Crippen molar-refractivity contribution in [3.8, 4) is 0 Å². The average molecular weight is 400 g/mol. The van der Waals surface area contributed by atoms with Crippen molar-refractivity contribution in [1.82, 2.24) is 19.8 Å². The van der Waals surface area contributed by atoms with Gasteiger partial charge in [-0.1, -0.05) is 12.1 Å². The van der Waals surface area contributed by atoms with Gasteiger partial charge in [-0.15, -0.1) is 0 Å². The number of aromatic nitrogens is 2. The smallest absolute Gasteiger partial charge is 0.410 e. The number of carbonyl (C=O) groups is 3. The molecule has 1 unspecified atom stereocenters. The van der Waals surface area contributed by atoms with E-state index in [1.807, 2.05) is 32.9 Å². The first-order valence-corrected chi connectivity index (χ1v) is 9.69. The number of ether oxygens (including phenoxy) is 1. The number of hydrogen-bond donors (Lipinski definition) is 2. The summed E-state index contributed by atoms with van der Waals surface area (Å²) >= 11 is 0. The van der Waals surface area contributed by atoms with Gasteiger partial charge in [-0.05, 0) is 38.8 Å². The Labute approximate surface area is 167 Å². The van der Waals surface area contributed by atoms with E-state index in [1.54, 1.807) is 11.0 Å². The normalized spacial score (nSPS) is 20.5. The molecule has 1 atom stereocenters. The number of aromatic amines is 1. The summed E-state index contributed by atoms with van der Waals surface area (Å²) in [6.07, 6.45) is 0.135. The number of hydrogen-bond acceptors (Lipinski definition) is 5. The summed E-state index contributed by atoms with van der Waals surface area (Å²) in [5, 5.41) is 2.30. The van der Waals surface area contributed by atoms with Gasteiger partial charge in [0.2, 0.25) is 11.8 Å². The Morgan fingerprint density at radius 3 is 2.55 bits per heavy atom. The van der Waals surface area contributed by atoms with E-state index < -0.39 is 17.6 Å². The molecule has 2 aliphatic heterocycles. The summed E-state index contributed by atoms with van der Waals surface area (Å²) in [4.78, 5) is 53.0. The largest absolute Gasteiger partial charge is 0.444 e. The van der Waals surface area contributed by atoms with Crippen LogP contribution in [0.1, 0.15) is 51.1 Å². The number of para-hydroxylation sites is 1. The first kappa shape index (κ1) is 19.2. The molecule has 0 bridgehead atoms. The van der Waals surface area contributed by atoms with Crippen LogP contribution in [-0.2, 0) is 14.3 Å². The maximum absolute atomic E-state index is 12.6. The molecule has 2 fully saturated rings. The molecular formula is C20H24N4O5. The van der Waals surface area contributed by atoms with Gasteiger partial charge in [0.05, 0.1) is 11.0 Å². The minimum absolute atomic E-state index is 0.0690. The maximum atomic E-state index is 12.6. The van der Waals surface area contributed by atoms with Crippen molar-refractivity contribution in [2.45, 2.75) is 51.2 Å². The predicted molar refractivity (Wildman–Crippen MR) is 105 cm³/mol. The van der Waals surface area contributed by atoms with Gasteiger partial charge in [-0.2, -0.15) is 0 Å². The highest BCUT2D eigenvalue weighted by atomic mass is 16.6. The van der Waals surface area contributed by atoms with Gasteiger partial charge in [0.1, 0.15) is 11.6 Å². The van der Waals surface area contributed by atoms with Gasteiger partial charge in [0.15, 0.2) is 0 Å². The number of imidazole rings is 1. The van der Waals surface area contributed by atoms with Crippen LogP contribution in [0.3, 0.4) is 0 Å². The Balaban J connectivity index is 1.59. The summed E-state index contributed by atoms with van der Waals surface area (Å²) in [6, 6.07) is 4.82. The van der Waals surface area contributed by atoms with E-state index in [2.05, 4.69) is 10.3 Å². The molecule has 2 saturated heterocycles. The van der Waals surface area contributed by atoms with Crippen LogP contribution in [0, 0.1) is 0 Å². The molecule has 3 amide bonds. The fourth-order valence-electron chi connectivity index (χ4n) is 3.90. The molecule has 2 aromatic rings. The highest BCUT2D eigenvalue weighted by Crippen LogP contribution is 2.33. The van der Waals surface area contributed by atoms with Crippen molar-refractivity contribution in [3.05, 3.63) is 34.2 Å². The lowest BCUT2D eigenvalue weighted by molar-refractivity contribution is -0.135. The second-order valence-electron chi connectivity index (χ2n) is 8.59. The first-order chi connectivity index (χ1) is 13.6. The molecule has 1 aromatic heterocycles. The standard InChI is InChI=1S/C20H24N4O5/c1-20(2,3)29-19(28)23-9-11(10-23)12-5-4-6-13-16(12)22-18(27)24(13)14-7-8-15(25)21-17(14)26/h4-6,11,14H,7-10H2,1-3H3,(H,22,27)(H,21,25,26). The van der Waals surface area contributed by atoms with Gasteiger partial charge >= 0.3 is 11.8 Å². The van der Waals surface area contributed by atoms with E-state index >= 15 is 0 Å². The quantitative estimate of drug-likeness (QED) is 0.744. The van der Waals surface area contributed by atoms with Crippen LogP contribution in [0.2, 0.25) is 0 Å². The summed E-state index contributed by atoms with van der Waals surface area (Å²) in [7, 11) is 0. The van der Waals surface area contributed by atoms with E-state index in [1.165, 1.54) is 4.57 Å². The Kier molecular flexibility index (Phi) is 4.48. The van der Waals surface area contributed by atoms with Crippen LogP contribution < -0.4 is 11.0 Å². The van der Waals surface area contributed by atoms with E-state index in [0.29, 0.717) is 24.1 Å². The van der Waals surface area contributed by atoms with Gasteiger partial charge in [-0.3, -0.25) is 19.5 Å². The van der Waals surface area contributed by atoms with Crippen molar-refractivity contribution < 1.29 is 19.1 Å². The first-order valence-electron chi connectivity index (χ1n) is 9.69. The van der Waals surface area contributed by atoms with Crippen molar-refractivity contribution in [2.75, 3.05) is 13.1 Å². The number of H-pyrrole nitrogens is 1. The molecule has 154 valence electrons. The fourth-order valence-corrected chi connectivity index (χ4v) is 3.90. The third kappa shape index (κ3) is 3.52. The number of fused-ring (bicyclic) bond motifs is 1. The van der Waals surface area contributed by atoms with E-state index in [4.69, 9.17) is 4.74 Å². The number of nitrogens with zero attached hydrogens (tertiary/aromatic N) is 2. The summed E-state index contributed by atoms with van der Waals surface area (Å²) in [5.41, 5.74) is 1.27. The number of carbonyl (C=O) groups excluding carboxylic acids is 3. The molecular weight excluding hydrogens is 376 g/mol. The lowest BCUT2D eigenvalue weighted by Crippen LogP contribution is -2.50. The highest BCUT2D eigenvalue weighted by Gasteiger charge is 2.36. The zero-order valence-corrected chi connectivity index (χ0v) is 16.7. The topological polar surface area (TPSA) is 114 Å². The van der Waals surface area contributed by atoms with Gasteiger partial charge < -0.3 is 14.6 Å². The van der Waals surface area contributed by atoms with Crippen LogP contribution >= 0.6 is 0 Å². The number of benzene rings is 1. The molecule has 2 aliphatic rings. The SMILES string of the molecule is CC(C)(C)OC(=O)N1CC(c2cccc3c2[nH]c(=O)n3C2CCC(=O)NC2=O)C1. The van der Waals surface area contributed by atoms with Gasteiger partial charge in [0, 0.05) is 25.4 Å². The van der Waals surface area contributed by atoms with E-state index in [-0.39, 0.29) is 36.4 Å². The Morgan fingerprint density at radius 2 is 1.90 bits per heavy atom. The van der Waals surface area contributed by atoms with E-state index in [9.17, 15) is 19.2 Å². The average Bonchev–Trinajstić information content (AvgIpc) is 2.89. The number of likely N-dealkylation sites (tertiary alicyclic amines) is 1. The van der Waals surface area contributed by atoms with Crippen molar-refractivity contribution in [1.29, 1.82) is 0 Å². The minimum Gasteiger partial charge on any atom is -0.444 e. The monoisotopic (exact) mass is 400 g/mol. The number of nitrogens with one attached hydrogen (secondary N) is 2. The van der Waals surface area contributed by atoms with Crippen molar-refractivity contribution in [3.63, 3.8) is 0 Å². The van der Waals surface area contributed by atoms with Gasteiger partial charge in [-0.25, -0.2) is 9.59 Å². The summed E-state index contributed by atoms with van der Waals surface area (Å²) in [6.45, 7) is 6.47. The molecule has 9 nitrogen and oxygen atoms in total. The molecule has 2 N–H and O–H groups in total. The number of amides is 3. The molecule has 3 heterocycles. The number of rotatable bonds is 2. The summed E-state index contributed by atoms with van der Waals surface area (Å²) < 4.78 is 6.81. The fraction of sp³-hybridized carbons (Fsp3) is 0.500. The van der Waals surface area contributed by atoms with Crippen LogP contribution in [0.15, 0.2) is 23.0 Å². The number of piperidine rings is 1. The predicted octanol–water partition coefficient (Wildman–Crippen LogP) is 1.64. The second-order valence-corrected chi connectivity index (χ2v) is 8.59. The number of imide groups is 1. The molecule has 29 heavy (non-hydrogen) atoms. The molecule has 0 saturated carbocycles. The lowest BCUT2D eigenvalue weighted by atomic mass is 9.91. The molecule has 4 rings (SSSR count). The summed E-state index contributed by atoms with van der Waals surface area (Å²) in [5.74, 6) is -0.717. The molecule has 1 aromatic carbocycles. The van der Waals surface area contributed by atoms with Crippen molar-refractivity contribution in [2.24, 2.45) is 0 Å². The zero-order chi connectivity index (χ0) is 20.9. The molecule has 0 radical (unpaired) electrons. The molecule has 9 heteroatoms. The van der Waals surface area contributed by atoms with Gasteiger partial charge in [0.25, 0.3) is 0 Å². The maximum Gasteiger partial charge on any atom is 0.410 e. The molecule has 0 aliphatic carbocycles. The third-order valence-corrected chi connectivity index (χ3v) is 5.28. The van der Waals surface area contributed by atoms with Crippen LogP contribution in [0.25, 0.3) is 11.0 Å². The van der Waals surface area contributed by atoms with Crippen molar-refractivity contribution >= 4 is 28.9 Å².